The molecule has 1 aromatic heterocycles. The number of anilines is 3. The average molecular weight is 664 g/mol. The van der Waals surface area contributed by atoms with Crippen LogP contribution in [0.15, 0.2) is 205 Å². The maximum Gasteiger partial charge on any atom is 0.136 e. The molecule has 0 saturated carbocycles. The summed E-state index contributed by atoms with van der Waals surface area (Å²) in [7, 11) is 0. The summed E-state index contributed by atoms with van der Waals surface area (Å²) in [4.78, 5) is 2.35. The van der Waals surface area contributed by atoms with Crippen molar-refractivity contribution in [3.05, 3.63) is 200 Å². The summed E-state index contributed by atoms with van der Waals surface area (Å²) in [5.74, 6) is 0. The first-order valence-corrected chi connectivity index (χ1v) is 17.8. The van der Waals surface area contributed by atoms with Crippen LogP contribution in [0.5, 0.6) is 0 Å². The quantitative estimate of drug-likeness (QED) is 0.165. The largest absolute Gasteiger partial charge is 0.456 e. The summed E-state index contributed by atoms with van der Waals surface area (Å²) in [5.41, 5.74) is 12.2. The van der Waals surface area contributed by atoms with E-state index in [0.29, 0.717) is 0 Å². The van der Waals surface area contributed by atoms with Gasteiger partial charge >= 0.3 is 0 Å². The molecule has 244 valence electrons. The Morgan fingerprint density at radius 1 is 0.308 bits per heavy atom. The first kappa shape index (κ1) is 30.0. The highest BCUT2D eigenvalue weighted by molar-refractivity contribution is 6.14. The summed E-state index contributed by atoms with van der Waals surface area (Å²) in [5, 5.41) is 7.35. The van der Waals surface area contributed by atoms with E-state index >= 15 is 0 Å². The summed E-state index contributed by atoms with van der Waals surface area (Å²) in [6, 6.07) is 71.7. The fourth-order valence-electron chi connectivity index (χ4n) is 7.79. The number of nitrogens with zero attached hydrogens (tertiary/aromatic N) is 1. The van der Waals surface area contributed by atoms with E-state index in [9.17, 15) is 0 Å². The van der Waals surface area contributed by atoms with Crippen LogP contribution < -0.4 is 4.90 Å². The summed E-state index contributed by atoms with van der Waals surface area (Å²) >= 11 is 0. The molecule has 52 heavy (non-hydrogen) atoms. The van der Waals surface area contributed by atoms with Crippen molar-refractivity contribution in [1.82, 2.24) is 0 Å². The number of furan rings is 1. The Hall–Kier alpha value is -6.90. The smallest absolute Gasteiger partial charge is 0.136 e. The Morgan fingerprint density at radius 3 is 1.65 bits per heavy atom. The molecule has 0 radical (unpaired) electrons. The van der Waals surface area contributed by atoms with Crippen molar-refractivity contribution >= 4 is 60.5 Å². The van der Waals surface area contributed by atoms with E-state index in [4.69, 9.17) is 4.42 Å². The molecule has 0 aliphatic heterocycles. The molecule has 1 heterocycles. The lowest BCUT2D eigenvalue weighted by Crippen LogP contribution is -2.10. The second-order valence-corrected chi connectivity index (χ2v) is 13.3. The van der Waals surface area contributed by atoms with Gasteiger partial charge in [-0.3, -0.25) is 0 Å². The number of hydrogen-bond donors (Lipinski definition) is 0. The van der Waals surface area contributed by atoms with Gasteiger partial charge in [-0.2, -0.15) is 0 Å². The molecule has 0 aliphatic rings. The predicted molar refractivity (Wildman–Crippen MR) is 220 cm³/mol. The third kappa shape index (κ3) is 5.12. The zero-order valence-electron chi connectivity index (χ0n) is 28.4. The molecular formula is C50H33NO. The Bertz CT molecular complexity index is 2890. The third-order valence-corrected chi connectivity index (χ3v) is 10.3. The molecule has 2 nitrogen and oxygen atoms in total. The molecule has 0 bridgehead atoms. The van der Waals surface area contributed by atoms with Crippen LogP contribution in [0.3, 0.4) is 0 Å². The van der Waals surface area contributed by atoms with Crippen molar-refractivity contribution < 1.29 is 4.42 Å². The Morgan fingerprint density at radius 2 is 0.885 bits per heavy atom. The van der Waals surface area contributed by atoms with Crippen LogP contribution in [-0.4, -0.2) is 0 Å². The fraction of sp³-hybridized carbons (Fsp3) is 0. The van der Waals surface area contributed by atoms with Crippen molar-refractivity contribution in [1.29, 1.82) is 0 Å². The zero-order chi connectivity index (χ0) is 34.4. The molecule has 0 spiro atoms. The lowest BCUT2D eigenvalue weighted by atomic mass is 9.93. The average Bonchev–Trinajstić information content (AvgIpc) is 3.61. The van der Waals surface area contributed by atoms with Gasteiger partial charge in [0.25, 0.3) is 0 Å². The van der Waals surface area contributed by atoms with Crippen LogP contribution >= 0.6 is 0 Å². The van der Waals surface area contributed by atoms with Gasteiger partial charge in [0.2, 0.25) is 0 Å². The summed E-state index contributed by atoms with van der Waals surface area (Å²) < 4.78 is 6.22. The maximum absolute atomic E-state index is 6.22. The third-order valence-electron chi connectivity index (χ3n) is 10.3. The van der Waals surface area contributed by atoms with Crippen LogP contribution in [0.4, 0.5) is 17.1 Å². The fourth-order valence-corrected chi connectivity index (χ4v) is 7.79. The molecular weight excluding hydrogens is 631 g/mol. The van der Waals surface area contributed by atoms with Crippen LogP contribution in [0.1, 0.15) is 0 Å². The van der Waals surface area contributed by atoms with Crippen molar-refractivity contribution in [2.24, 2.45) is 0 Å². The van der Waals surface area contributed by atoms with Gasteiger partial charge in [0.15, 0.2) is 0 Å². The van der Waals surface area contributed by atoms with Crippen LogP contribution in [0.25, 0.3) is 76.9 Å². The topological polar surface area (TPSA) is 16.4 Å². The maximum atomic E-state index is 6.22. The second kappa shape index (κ2) is 12.5. The molecule has 2 heteroatoms. The molecule has 0 atom stereocenters. The molecule has 0 N–H and O–H groups in total. The van der Waals surface area contributed by atoms with Crippen molar-refractivity contribution in [3.63, 3.8) is 0 Å². The van der Waals surface area contributed by atoms with Crippen molar-refractivity contribution in [2.75, 3.05) is 4.90 Å². The number of benzene rings is 9. The lowest BCUT2D eigenvalue weighted by molar-refractivity contribution is 0.669. The molecule has 10 aromatic rings. The van der Waals surface area contributed by atoms with Crippen LogP contribution in [-0.2, 0) is 0 Å². The van der Waals surface area contributed by atoms with Gasteiger partial charge < -0.3 is 9.32 Å². The van der Waals surface area contributed by atoms with Gasteiger partial charge in [-0.05, 0) is 110 Å². The van der Waals surface area contributed by atoms with Gasteiger partial charge in [0.05, 0.1) is 0 Å². The van der Waals surface area contributed by atoms with Gasteiger partial charge in [-0.15, -0.1) is 0 Å². The van der Waals surface area contributed by atoms with E-state index in [1.807, 2.05) is 12.1 Å². The summed E-state index contributed by atoms with van der Waals surface area (Å²) in [6.07, 6.45) is 0. The zero-order valence-corrected chi connectivity index (χ0v) is 28.4. The molecule has 0 fully saturated rings. The minimum atomic E-state index is 0.904. The van der Waals surface area contributed by atoms with Gasteiger partial charge in [0.1, 0.15) is 11.2 Å². The Kier molecular flexibility index (Phi) is 7.18. The standard InChI is InChI=1S/C50H33NO/c1-2-12-34(13-3-1)37-15-10-16-41(32-37)51(39-28-24-35(25-29-39)43-21-11-23-49-50(43)46-20-8-9-22-48(46)52-49)40-30-26-36(27-31-40)47-33-38-14-4-5-17-42(38)44-18-6-7-19-45(44)47/h1-33H. The van der Waals surface area contributed by atoms with Crippen molar-refractivity contribution in [3.8, 4) is 33.4 Å². The van der Waals surface area contributed by atoms with E-state index in [-0.39, 0.29) is 0 Å². The SMILES string of the molecule is c1ccc(-c2cccc(N(c3ccc(-c4cc5ccccc5c5ccccc45)cc3)c3ccc(-c4cccc5oc6ccccc6c45)cc3)c2)cc1. The molecule has 0 unspecified atom stereocenters. The van der Waals surface area contributed by atoms with E-state index in [2.05, 4.69) is 193 Å². The first-order valence-electron chi connectivity index (χ1n) is 17.8. The first-order chi connectivity index (χ1) is 25.8. The minimum absolute atomic E-state index is 0.904. The normalized spacial score (nSPS) is 11.5. The van der Waals surface area contributed by atoms with Crippen LogP contribution in [0, 0.1) is 0 Å². The second-order valence-electron chi connectivity index (χ2n) is 13.3. The van der Waals surface area contributed by atoms with Gasteiger partial charge in [-0.25, -0.2) is 0 Å². The monoisotopic (exact) mass is 663 g/mol. The predicted octanol–water partition coefficient (Wildman–Crippen LogP) is 14.4. The van der Waals surface area contributed by atoms with Crippen LogP contribution in [0.2, 0.25) is 0 Å². The van der Waals surface area contributed by atoms with Gasteiger partial charge in [0, 0.05) is 27.8 Å². The van der Waals surface area contributed by atoms with Gasteiger partial charge in [-0.1, -0.05) is 146 Å². The molecule has 0 aliphatic carbocycles. The van der Waals surface area contributed by atoms with E-state index in [1.54, 1.807) is 0 Å². The Labute approximate surface area is 302 Å². The number of rotatable bonds is 6. The highest BCUT2D eigenvalue weighted by Crippen LogP contribution is 2.42. The lowest BCUT2D eigenvalue weighted by Gasteiger charge is -2.26. The van der Waals surface area contributed by atoms with Crippen molar-refractivity contribution in [2.45, 2.75) is 0 Å². The number of hydrogen-bond acceptors (Lipinski definition) is 2. The minimum Gasteiger partial charge on any atom is -0.456 e. The van der Waals surface area contributed by atoms with E-state index < -0.39 is 0 Å². The summed E-state index contributed by atoms with van der Waals surface area (Å²) in [6.45, 7) is 0. The molecule has 10 rings (SSSR count). The highest BCUT2D eigenvalue weighted by Gasteiger charge is 2.17. The Balaban J connectivity index is 1.09. The molecule has 0 amide bonds. The van der Waals surface area contributed by atoms with E-state index in [0.717, 1.165) is 44.6 Å². The number of para-hydroxylation sites is 1. The number of fused-ring (bicyclic) bond motifs is 6. The molecule has 9 aromatic carbocycles. The van der Waals surface area contributed by atoms with E-state index in [1.165, 1.54) is 49.4 Å². The molecule has 0 saturated heterocycles. The highest BCUT2D eigenvalue weighted by atomic mass is 16.3.